The van der Waals surface area contributed by atoms with Gasteiger partial charge in [0.25, 0.3) is 0 Å². The Kier molecular flexibility index (Phi) is 5.82. The first kappa shape index (κ1) is 21.5. The molecule has 5 rings (SSSR count). The average molecular weight is 447 g/mol. The summed E-state index contributed by atoms with van der Waals surface area (Å²) in [4.78, 5) is 22.8. The molecule has 0 aliphatic carbocycles. The first-order valence-corrected chi connectivity index (χ1v) is 11.4. The van der Waals surface area contributed by atoms with Crippen molar-refractivity contribution in [1.82, 2.24) is 29.4 Å². The molecule has 0 amide bonds. The van der Waals surface area contributed by atoms with Crippen molar-refractivity contribution < 1.29 is 5.11 Å². The summed E-state index contributed by atoms with van der Waals surface area (Å²) in [7, 11) is 4.31. The smallest absolute Gasteiger partial charge is 0.230 e. The summed E-state index contributed by atoms with van der Waals surface area (Å²) < 4.78 is 2.01. The summed E-state index contributed by atoms with van der Waals surface area (Å²) in [5, 5.41) is 15.0. The Morgan fingerprint density at radius 1 is 1.09 bits per heavy atom. The lowest BCUT2D eigenvalue weighted by Crippen LogP contribution is -2.42. The second-order valence-electron chi connectivity index (χ2n) is 8.93. The van der Waals surface area contributed by atoms with Gasteiger partial charge >= 0.3 is 0 Å². The third-order valence-corrected chi connectivity index (χ3v) is 6.60. The molecule has 1 fully saturated rings. The van der Waals surface area contributed by atoms with E-state index in [1.54, 1.807) is 12.4 Å². The molecular weight excluding hydrogens is 416 g/mol. The molecule has 0 saturated carbocycles. The molecule has 2 N–H and O–H groups in total. The second-order valence-corrected chi connectivity index (χ2v) is 8.93. The lowest BCUT2D eigenvalue weighted by molar-refractivity contribution is 0.243. The summed E-state index contributed by atoms with van der Waals surface area (Å²) in [5.74, 6) is 1.16. The van der Waals surface area contributed by atoms with Crippen LogP contribution in [-0.2, 0) is 0 Å². The Labute approximate surface area is 193 Å². The van der Waals surface area contributed by atoms with Crippen molar-refractivity contribution >= 4 is 39.4 Å². The Morgan fingerprint density at radius 2 is 1.91 bits per heavy atom. The van der Waals surface area contributed by atoms with E-state index in [1.807, 2.05) is 36.0 Å². The van der Waals surface area contributed by atoms with Gasteiger partial charge in [0.05, 0.1) is 36.2 Å². The van der Waals surface area contributed by atoms with Crippen molar-refractivity contribution in [3.63, 3.8) is 0 Å². The van der Waals surface area contributed by atoms with Gasteiger partial charge in [-0.05, 0) is 52.1 Å². The van der Waals surface area contributed by atoms with Crippen LogP contribution >= 0.6 is 0 Å². The van der Waals surface area contributed by atoms with Crippen LogP contribution < -0.4 is 10.2 Å². The summed E-state index contributed by atoms with van der Waals surface area (Å²) in [6.07, 6.45) is 9.62. The number of piperidine rings is 1. The number of pyridine rings is 2. The summed E-state index contributed by atoms with van der Waals surface area (Å²) in [6, 6.07) is 6.54. The van der Waals surface area contributed by atoms with Crippen molar-refractivity contribution in [2.24, 2.45) is 0 Å². The molecule has 0 aromatic carbocycles. The average Bonchev–Trinajstić information content (AvgIpc) is 3.18. The zero-order chi connectivity index (χ0) is 22.9. The molecule has 1 saturated heterocycles. The van der Waals surface area contributed by atoms with Gasteiger partial charge in [0.2, 0.25) is 5.95 Å². The minimum atomic E-state index is -0.133. The van der Waals surface area contributed by atoms with Gasteiger partial charge in [-0.3, -0.25) is 4.98 Å². The zero-order valence-corrected chi connectivity index (χ0v) is 19.3. The summed E-state index contributed by atoms with van der Waals surface area (Å²) in [5.41, 5.74) is 2.83. The van der Waals surface area contributed by atoms with E-state index in [1.165, 1.54) is 0 Å². The quantitative estimate of drug-likeness (QED) is 0.466. The van der Waals surface area contributed by atoms with Crippen LogP contribution in [0.25, 0.3) is 21.9 Å². The van der Waals surface area contributed by atoms with Crippen LogP contribution in [0.5, 0.6) is 0 Å². The highest BCUT2D eigenvalue weighted by Gasteiger charge is 2.21. The molecule has 0 unspecified atom stereocenters. The van der Waals surface area contributed by atoms with E-state index in [9.17, 15) is 5.11 Å². The molecule has 1 atom stereocenters. The van der Waals surface area contributed by atoms with Crippen molar-refractivity contribution in [1.29, 1.82) is 0 Å². The molecule has 5 heterocycles. The number of aliphatic hydroxyl groups is 1. The fraction of sp³-hybridized carbons (Fsp3) is 0.417. The van der Waals surface area contributed by atoms with Gasteiger partial charge in [0, 0.05) is 42.3 Å². The van der Waals surface area contributed by atoms with Gasteiger partial charge in [-0.2, -0.15) is 4.98 Å². The molecule has 172 valence electrons. The highest BCUT2D eigenvalue weighted by atomic mass is 16.3. The molecule has 4 aromatic rings. The van der Waals surface area contributed by atoms with Gasteiger partial charge < -0.3 is 24.8 Å². The van der Waals surface area contributed by atoms with Crippen LogP contribution in [0, 0.1) is 0 Å². The Hall–Kier alpha value is -3.30. The third-order valence-electron chi connectivity index (χ3n) is 6.60. The summed E-state index contributed by atoms with van der Waals surface area (Å²) >= 11 is 0. The summed E-state index contributed by atoms with van der Waals surface area (Å²) in [6.45, 7) is 4.05. The molecule has 9 nitrogen and oxygen atoms in total. The van der Waals surface area contributed by atoms with Crippen LogP contribution in [-0.4, -0.2) is 74.3 Å². The van der Waals surface area contributed by atoms with Gasteiger partial charge in [0.1, 0.15) is 11.5 Å². The standard InChI is InChI=1S/C24H30N8O/c1-16(15-33)32-21-14-25-9-6-19(21)20-13-27-24(29-23(20)32)28-22-5-4-18(12-26-22)31-10-7-17(8-11-31)30(2)3/h4-6,9,12-14,16-17,33H,7-8,10-11,15H2,1-3H3,(H,26,27,28,29)/t16-/m0/s1. The van der Waals surface area contributed by atoms with E-state index in [-0.39, 0.29) is 12.6 Å². The van der Waals surface area contributed by atoms with Crippen LogP contribution in [0.3, 0.4) is 0 Å². The fourth-order valence-corrected chi connectivity index (χ4v) is 4.66. The van der Waals surface area contributed by atoms with Gasteiger partial charge in [-0.25, -0.2) is 9.97 Å². The van der Waals surface area contributed by atoms with Crippen molar-refractivity contribution in [3.05, 3.63) is 43.0 Å². The number of anilines is 3. The highest BCUT2D eigenvalue weighted by Crippen LogP contribution is 2.30. The monoisotopic (exact) mass is 446 g/mol. The predicted octanol–water partition coefficient (Wildman–Crippen LogP) is 3.20. The van der Waals surface area contributed by atoms with E-state index < -0.39 is 0 Å². The lowest BCUT2D eigenvalue weighted by Gasteiger charge is -2.36. The Bertz CT molecular complexity index is 1240. The Morgan fingerprint density at radius 3 is 2.61 bits per heavy atom. The number of nitrogens with zero attached hydrogens (tertiary/aromatic N) is 7. The van der Waals surface area contributed by atoms with Gasteiger partial charge in [-0.1, -0.05) is 0 Å². The van der Waals surface area contributed by atoms with Crippen LogP contribution in [0.1, 0.15) is 25.8 Å². The SMILES string of the molecule is C[C@@H](CO)n1c2cnccc2c2cnc(Nc3ccc(N4CCC(N(C)C)CC4)cn3)nc21. The first-order chi connectivity index (χ1) is 16.0. The van der Waals surface area contributed by atoms with E-state index in [0.717, 1.165) is 53.6 Å². The van der Waals surface area contributed by atoms with Crippen LogP contribution in [0.4, 0.5) is 17.5 Å². The molecule has 33 heavy (non-hydrogen) atoms. The number of aromatic nitrogens is 5. The van der Waals surface area contributed by atoms with Crippen molar-refractivity contribution in [2.75, 3.05) is 44.0 Å². The normalized spacial score (nSPS) is 16.1. The maximum Gasteiger partial charge on any atom is 0.230 e. The van der Waals surface area contributed by atoms with Crippen LogP contribution in [0.2, 0.25) is 0 Å². The van der Waals surface area contributed by atoms with Gasteiger partial charge in [-0.15, -0.1) is 0 Å². The second kappa shape index (κ2) is 8.92. The van der Waals surface area contributed by atoms with Crippen molar-refractivity contribution in [2.45, 2.75) is 31.8 Å². The minimum absolute atomic E-state index is 0.00927. The van der Waals surface area contributed by atoms with Crippen molar-refractivity contribution in [3.8, 4) is 0 Å². The van der Waals surface area contributed by atoms with Gasteiger partial charge in [0.15, 0.2) is 0 Å². The minimum Gasteiger partial charge on any atom is -0.394 e. The van der Waals surface area contributed by atoms with E-state index in [4.69, 9.17) is 4.98 Å². The first-order valence-electron chi connectivity index (χ1n) is 11.4. The fourth-order valence-electron chi connectivity index (χ4n) is 4.66. The predicted molar refractivity (Wildman–Crippen MR) is 131 cm³/mol. The third kappa shape index (κ3) is 4.09. The molecular formula is C24H30N8O. The molecule has 0 bridgehead atoms. The maximum absolute atomic E-state index is 9.79. The molecule has 9 heteroatoms. The van der Waals surface area contributed by atoms with E-state index in [0.29, 0.717) is 17.8 Å². The Balaban J connectivity index is 1.38. The molecule has 0 spiro atoms. The maximum atomic E-state index is 9.79. The number of nitrogens with one attached hydrogen (secondary N) is 1. The number of fused-ring (bicyclic) bond motifs is 3. The lowest BCUT2D eigenvalue weighted by atomic mass is 10.0. The number of rotatable bonds is 6. The molecule has 4 aromatic heterocycles. The molecule has 1 aliphatic rings. The van der Waals surface area contributed by atoms with Crippen LogP contribution in [0.15, 0.2) is 43.0 Å². The zero-order valence-electron chi connectivity index (χ0n) is 19.3. The largest absolute Gasteiger partial charge is 0.394 e. The highest BCUT2D eigenvalue weighted by molar-refractivity contribution is 6.06. The molecule has 1 aliphatic heterocycles. The topological polar surface area (TPSA) is 95.2 Å². The number of hydrogen-bond donors (Lipinski definition) is 2. The molecule has 0 radical (unpaired) electrons. The van der Waals surface area contributed by atoms with E-state index in [2.05, 4.69) is 50.2 Å². The number of hydrogen-bond acceptors (Lipinski definition) is 8. The van der Waals surface area contributed by atoms with E-state index >= 15 is 0 Å². The number of aliphatic hydroxyl groups excluding tert-OH is 1.